The van der Waals surface area contributed by atoms with Gasteiger partial charge in [0.2, 0.25) is 0 Å². The first-order valence-corrected chi connectivity index (χ1v) is 12.3. The van der Waals surface area contributed by atoms with Crippen LogP contribution in [0.4, 0.5) is 0 Å². The molecule has 0 amide bonds. The summed E-state index contributed by atoms with van der Waals surface area (Å²) in [4.78, 5) is 0. The summed E-state index contributed by atoms with van der Waals surface area (Å²) in [5, 5.41) is 10.8. The zero-order chi connectivity index (χ0) is 22.5. The van der Waals surface area contributed by atoms with Crippen LogP contribution in [0.25, 0.3) is 0 Å². The number of rotatable bonds is 14. The van der Waals surface area contributed by atoms with E-state index in [2.05, 4.69) is 43.3 Å². The maximum atomic E-state index is 10.8. The van der Waals surface area contributed by atoms with Gasteiger partial charge in [-0.2, -0.15) is 0 Å². The van der Waals surface area contributed by atoms with Crippen molar-refractivity contribution in [3.8, 4) is 0 Å². The van der Waals surface area contributed by atoms with Gasteiger partial charge in [0, 0.05) is 0 Å². The van der Waals surface area contributed by atoms with Gasteiger partial charge >= 0.3 is 0 Å². The highest BCUT2D eigenvalue weighted by Gasteiger charge is 2.37. The quantitative estimate of drug-likeness (QED) is 0.212. The van der Waals surface area contributed by atoms with Gasteiger partial charge in [-0.15, -0.1) is 0 Å². The Bertz CT molecular complexity index is 764. The Hall–Kier alpha value is -2.42. The summed E-state index contributed by atoms with van der Waals surface area (Å²) < 4.78 is 6.71. The number of ether oxygens (including phenoxy) is 1. The molecule has 0 spiro atoms. The molecule has 1 N–H and O–H groups in total. The summed E-state index contributed by atoms with van der Waals surface area (Å²) in [6, 6.07) is 31.1. The highest BCUT2D eigenvalue weighted by atomic mass is 16.5. The first kappa shape index (κ1) is 24.2. The van der Waals surface area contributed by atoms with Gasteiger partial charge in [-0.1, -0.05) is 143 Å². The summed E-state index contributed by atoms with van der Waals surface area (Å²) in [5.41, 5.74) is 2.45. The average molecular weight is 431 g/mol. The minimum Gasteiger partial charge on any atom is -0.391 e. The third kappa shape index (κ3) is 6.54. The molecule has 3 aromatic carbocycles. The van der Waals surface area contributed by atoms with Crippen LogP contribution in [0.3, 0.4) is 0 Å². The van der Waals surface area contributed by atoms with E-state index in [9.17, 15) is 5.11 Å². The summed E-state index contributed by atoms with van der Waals surface area (Å²) in [5.74, 6) is 0. The van der Waals surface area contributed by atoms with Gasteiger partial charge in [-0.25, -0.2) is 0 Å². The van der Waals surface area contributed by atoms with Crippen LogP contribution in [0.1, 0.15) is 75.0 Å². The molecule has 0 aromatic heterocycles. The van der Waals surface area contributed by atoms with Crippen LogP contribution in [0.15, 0.2) is 91.0 Å². The Labute approximate surface area is 194 Å². The van der Waals surface area contributed by atoms with Crippen molar-refractivity contribution >= 4 is 0 Å². The van der Waals surface area contributed by atoms with Crippen molar-refractivity contribution in [2.24, 2.45) is 0 Å². The average Bonchev–Trinajstić information content (AvgIpc) is 2.86. The maximum Gasteiger partial charge on any atom is 0.143 e. The maximum absolute atomic E-state index is 10.8. The van der Waals surface area contributed by atoms with Crippen LogP contribution in [0, 0.1) is 0 Å². The Morgan fingerprint density at radius 3 is 1.47 bits per heavy atom. The molecule has 32 heavy (non-hydrogen) atoms. The van der Waals surface area contributed by atoms with Gasteiger partial charge in [-0.05, 0) is 23.1 Å². The predicted octanol–water partition coefficient (Wildman–Crippen LogP) is 7.50. The molecular formula is C30H38O2. The second-order valence-corrected chi connectivity index (χ2v) is 8.65. The topological polar surface area (TPSA) is 29.5 Å². The molecule has 0 radical (unpaired) electrons. The van der Waals surface area contributed by atoms with E-state index in [0.717, 1.165) is 29.5 Å². The van der Waals surface area contributed by atoms with Crippen molar-refractivity contribution in [2.75, 3.05) is 6.61 Å². The molecule has 1 unspecified atom stereocenters. The van der Waals surface area contributed by atoms with Crippen molar-refractivity contribution in [3.05, 3.63) is 108 Å². The third-order valence-corrected chi connectivity index (χ3v) is 6.17. The van der Waals surface area contributed by atoms with E-state index < -0.39 is 11.7 Å². The smallest absolute Gasteiger partial charge is 0.143 e. The Kier molecular flexibility index (Phi) is 9.99. The van der Waals surface area contributed by atoms with Crippen LogP contribution < -0.4 is 0 Å². The highest BCUT2D eigenvalue weighted by Crippen LogP contribution is 2.40. The molecule has 0 aliphatic rings. The van der Waals surface area contributed by atoms with Crippen molar-refractivity contribution in [2.45, 2.75) is 70.0 Å². The second-order valence-electron chi connectivity index (χ2n) is 8.65. The second kappa shape index (κ2) is 13.2. The fourth-order valence-electron chi connectivity index (χ4n) is 4.41. The Balaban J connectivity index is 1.75. The molecule has 3 aromatic rings. The molecule has 0 heterocycles. The molecule has 0 aliphatic carbocycles. The zero-order valence-corrected chi connectivity index (χ0v) is 19.5. The number of unbranched alkanes of at least 4 members (excludes halogenated alkanes) is 6. The lowest BCUT2D eigenvalue weighted by atomic mass is 9.80. The first-order chi connectivity index (χ1) is 15.8. The van der Waals surface area contributed by atoms with Gasteiger partial charge in [0.25, 0.3) is 0 Å². The lowest BCUT2D eigenvalue weighted by molar-refractivity contribution is -0.0405. The molecule has 170 valence electrons. The van der Waals surface area contributed by atoms with E-state index in [0.29, 0.717) is 6.61 Å². The first-order valence-electron chi connectivity index (χ1n) is 12.3. The van der Waals surface area contributed by atoms with Crippen molar-refractivity contribution in [3.63, 3.8) is 0 Å². The number of benzene rings is 3. The number of hydrogen-bond donors (Lipinski definition) is 1. The van der Waals surface area contributed by atoms with E-state index in [4.69, 9.17) is 4.74 Å². The van der Waals surface area contributed by atoms with E-state index in [1.54, 1.807) is 0 Å². The fraction of sp³-hybridized carbons (Fsp3) is 0.400. The van der Waals surface area contributed by atoms with Crippen molar-refractivity contribution in [1.29, 1.82) is 0 Å². The molecular weight excluding hydrogens is 392 g/mol. The minimum atomic E-state index is -0.759. The zero-order valence-electron chi connectivity index (χ0n) is 19.5. The largest absolute Gasteiger partial charge is 0.391 e. The van der Waals surface area contributed by atoms with Crippen molar-refractivity contribution < 1.29 is 9.84 Å². The van der Waals surface area contributed by atoms with Gasteiger partial charge < -0.3 is 9.84 Å². The van der Waals surface area contributed by atoms with Gasteiger partial charge in [0.05, 0.1) is 12.7 Å². The van der Waals surface area contributed by atoms with Crippen LogP contribution in [0.2, 0.25) is 0 Å². The monoisotopic (exact) mass is 430 g/mol. The molecule has 3 rings (SSSR count). The molecule has 1 atom stereocenters. The number of hydrogen-bond acceptors (Lipinski definition) is 2. The number of aliphatic hydroxyl groups excluding tert-OH is 1. The van der Waals surface area contributed by atoms with Crippen LogP contribution >= 0.6 is 0 Å². The summed E-state index contributed by atoms with van der Waals surface area (Å²) in [6.45, 7) is 2.55. The third-order valence-electron chi connectivity index (χ3n) is 6.17. The minimum absolute atomic E-state index is 0.300. The normalized spacial score (nSPS) is 12.6. The Morgan fingerprint density at radius 1 is 0.625 bits per heavy atom. The number of aliphatic hydroxyl groups is 1. The molecule has 0 fully saturated rings. The summed E-state index contributed by atoms with van der Waals surface area (Å²) in [6.07, 6.45) is 9.04. The van der Waals surface area contributed by atoms with Crippen LogP contribution in [-0.4, -0.2) is 17.8 Å². The van der Waals surface area contributed by atoms with Gasteiger partial charge in [0.15, 0.2) is 0 Å². The van der Waals surface area contributed by atoms with Gasteiger partial charge in [0.1, 0.15) is 5.60 Å². The van der Waals surface area contributed by atoms with Crippen molar-refractivity contribution in [1.82, 2.24) is 0 Å². The summed E-state index contributed by atoms with van der Waals surface area (Å²) in [7, 11) is 0. The van der Waals surface area contributed by atoms with Crippen LogP contribution in [-0.2, 0) is 10.3 Å². The van der Waals surface area contributed by atoms with E-state index in [1.807, 2.05) is 54.6 Å². The molecule has 2 nitrogen and oxygen atoms in total. The van der Waals surface area contributed by atoms with Crippen LogP contribution in [0.5, 0.6) is 0 Å². The van der Waals surface area contributed by atoms with Gasteiger partial charge in [-0.3, -0.25) is 0 Å². The predicted molar refractivity (Wildman–Crippen MR) is 134 cm³/mol. The molecule has 0 saturated heterocycles. The lowest BCUT2D eigenvalue weighted by Gasteiger charge is -2.36. The molecule has 0 bridgehead atoms. The Morgan fingerprint density at radius 2 is 1.03 bits per heavy atom. The lowest BCUT2D eigenvalue weighted by Crippen LogP contribution is -2.35. The molecule has 2 heteroatoms. The SMILES string of the molecule is CCCCCCCCCC(O)COC(c1ccccc1)(c1ccccc1)c1ccccc1. The van der Waals surface area contributed by atoms with E-state index in [-0.39, 0.29) is 0 Å². The molecule has 0 aliphatic heterocycles. The standard InChI is InChI=1S/C30H38O2/c1-2-3-4-5-6-7-17-24-29(31)25-32-30(26-18-11-8-12-19-26,27-20-13-9-14-21-27)28-22-15-10-16-23-28/h8-16,18-23,29,31H,2-7,17,24-25H2,1H3. The van der Waals surface area contributed by atoms with E-state index in [1.165, 1.54) is 38.5 Å². The van der Waals surface area contributed by atoms with E-state index >= 15 is 0 Å². The highest BCUT2D eigenvalue weighted by molar-refractivity contribution is 5.47. The fourth-order valence-corrected chi connectivity index (χ4v) is 4.41. The summed E-state index contributed by atoms with van der Waals surface area (Å²) >= 11 is 0. The molecule has 0 saturated carbocycles.